The van der Waals surface area contributed by atoms with Gasteiger partial charge in [-0.15, -0.1) is 0 Å². The van der Waals surface area contributed by atoms with Crippen molar-refractivity contribution >= 4 is 37.3 Å². The van der Waals surface area contributed by atoms with E-state index in [-0.39, 0.29) is 17.1 Å². The number of benzene rings is 2. The predicted molar refractivity (Wildman–Crippen MR) is 115 cm³/mol. The van der Waals surface area contributed by atoms with E-state index in [1.807, 2.05) is 0 Å². The summed E-state index contributed by atoms with van der Waals surface area (Å²) in [5, 5.41) is 2.54. The third kappa shape index (κ3) is 6.64. The minimum Gasteiger partial charge on any atom is -0.495 e. The molecule has 1 atom stereocenters. The van der Waals surface area contributed by atoms with Crippen LogP contribution in [-0.4, -0.2) is 42.2 Å². The Morgan fingerprint density at radius 3 is 2.26 bits per heavy atom. The number of methoxy groups -OCH3 is 1. The van der Waals surface area contributed by atoms with Gasteiger partial charge in [-0.1, -0.05) is 26.0 Å². The van der Waals surface area contributed by atoms with Gasteiger partial charge in [0.05, 0.1) is 19.1 Å². The average molecular weight is 474 g/mol. The minimum atomic E-state index is -4.31. The molecule has 0 spiro atoms. The highest BCUT2D eigenvalue weighted by atomic mass is 32.2. The maximum Gasteiger partial charge on any atom is 0.244 e. The first-order valence-corrected chi connectivity index (χ1v) is 12.4. The molecule has 0 unspecified atom stereocenters. The molecule has 0 saturated carbocycles. The summed E-state index contributed by atoms with van der Waals surface area (Å²) in [6.07, 6.45) is 0.962. The summed E-state index contributed by atoms with van der Waals surface area (Å²) in [7, 11) is -6.57. The highest BCUT2D eigenvalue weighted by molar-refractivity contribution is 7.92. The summed E-state index contributed by atoms with van der Waals surface area (Å²) in [4.78, 5) is 12.2. The van der Waals surface area contributed by atoms with Gasteiger partial charge in [0.2, 0.25) is 26.0 Å². The lowest BCUT2D eigenvalue weighted by Gasteiger charge is -2.22. The van der Waals surface area contributed by atoms with Crippen molar-refractivity contribution in [1.82, 2.24) is 4.72 Å². The zero-order valence-electron chi connectivity index (χ0n) is 17.3. The Bertz CT molecular complexity index is 1170. The van der Waals surface area contributed by atoms with Gasteiger partial charge in [-0.3, -0.25) is 9.52 Å². The standard InChI is InChI=1S/C19H24FN3O6S2/c1-12(2)18(23-31(27,28)17-8-6-5-7-14(17)20)19(24)21-13-9-10-16(29-3)15(11-13)22-30(4,25)26/h5-12,18,22-23H,1-4H3,(H,21,24)/t18-/m0/s1. The zero-order chi connectivity index (χ0) is 23.4. The lowest BCUT2D eigenvalue weighted by atomic mass is 10.0. The molecule has 0 aliphatic heterocycles. The molecule has 2 aromatic rings. The Labute approximate surface area is 181 Å². The van der Waals surface area contributed by atoms with Crippen LogP contribution in [-0.2, 0) is 24.8 Å². The number of nitrogens with one attached hydrogen (secondary N) is 3. The third-order valence-electron chi connectivity index (χ3n) is 4.12. The van der Waals surface area contributed by atoms with Crippen molar-refractivity contribution in [3.8, 4) is 5.75 Å². The molecule has 0 aliphatic carbocycles. The van der Waals surface area contributed by atoms with E-state index in [0.717, 1.165) is 18.4 Å². The molecule has 0 radical (unpaired) electrons. The van der Waals surface area contributed by atoms with Crippen LogP contribution in [0.5, 0.6) is 5.75 Å². The summed E-state index contributed by atoms with van der Waals surface area (Å²) in [5.41, 5.74) is 0.295. The second kappa shape index (κ2) is 9.62. The Morgan fingerprint density at radius 2 is 1.71 bits per heavy atom. The first-order valence-electron chi connectivity index (χ1n) is 9.07. The number of ether oxygens (including phenoxy) is 1. The summed E-state index contributed by atoms with van der Waals surface area (Å²) in [6, 6.07) is 7.84. The van der Waals surface area contributed by atoms with Crippen LogP contribution in [0.3, 0.4) is 0 Å². The fourth-order valence-electron chi connectivity index (χ4n) is 2.67. The number of carbonyl (C=O) groups excluding carboxylic acids is 1. The van der Waals surface area contributed by atoms with Gasteiger partial charge in [0.15, 0.2) is 0 Å². The van der Waals surface area contributed by atoms with Crippen LogP contribution in [0, 0.1) is 11.7 Å². The molecule has 12 heteroatoms. The molecular weight excluding hydrogens is 449 g/mol. The lowest BCUT2D eigenvalue weighted by Crippen LogP contribution is -2.47. The van der Waals surface area contributed by atoms with Crippen molar-refractivity contribution in [3.05, 3.63) is 48.3 Å². The molecule has 0 saturated heterocycles. The van der Waals surface area contributed by atoms with E-state index in [1.54, 1.807) is 13.8 Å². The molecular formula is C19H24FN3O6S2. The molecule has 0 aromatic heterocycles. The summed E-state index contributed by atoms with van der Waals surface area (Å²) >= 11 is 0. The summed E-state index contributed by atoms with van der Waals surface area (Å²) < 4.78 is 71.9. The van der Waals surface area contributed by atoms with Gasteiger partial charge in [0.1, 0.15) is 22.5 Å². The Morgan fingerprint density at radius 1 is 1.06 bits per heavy atom. The minimum absolute atomic E-state index is 0.0934. The number of rotatable bonds is 9. The molecule has 0 fully saturated rings. The van der Waals surface area contributed by atoms with Crippen molar-refractivity contribution in [2.45, 2.75) is 24.8 Å². The van der Waals surface area contributed by atoms with Gasteiger partial charge in [0, 0.05) is 5.69 Å². The number of halogens is 1. The monoisotopic (exact) mass is 473 g/mol. The molecule has 0 aliphatic rings. The van der Waals surface area contributed by atoms with E-state index in [4.69, 9.17) is 4.74 Å². The molecule has 170 valence electrons. The van der Waals surface area contributed by atoms with Crippen molar-refractivity contribution in [3.63, 3.8) is 0 Å². The molecule has 31 heavy (non-hydrogen) atoms. The summed E-state index contributed by atoms with van der Waals surface area (Å²) in [6.45, 7) is 3.25. The van der Waals surface area contributed by atoms with Crippen molar-refractivity contribution in [2.24, 2.45) is 5.92 Å². The molecule has 0 heterocycles. The number of hydrogen-bond acceptors (Lipinski definition) is 6. The van der Waals surface area contributed by atoms with Gasteiger partial charge >= 0.3 is 0 Å². The van der Waals surface area contributed by atoms with Gasteiger partial charge in [-0.2, -0.15) is 4.72 Å². The van der Waals surface area contributed by atoms with Gasteiger partial charge in [-0.05, 0) is 36.2 Å². The Kier molecular flexibility index (Phi) is 7.63. The quantitative estimate of drug-likeness (QED) is 0.512. The van der Waals surface area contributed by atoms with Gasteiger partial charge in [0.25, 0.3) is 0 Å². The second-order valence-corrected chi connectivity index (χ2v) is 10.5. The maximum absolute atomic E-state index is 13.9. The van der Waals surface area contributed by atoms with Crippen molar-refractivity contribution in [2.75, 3.05) is 23.4 Å². The topological polar surface area (TPSA) is 131 Å². The normalized spacial score (nSPS) is 13.0. The number of sulfonamides is 2. The van der Waals surface area contributed by atoms with Crippen molar-refractivity contribution in [1.29, 1.82) is 0 Å². The van der Waals surface area contributed by atoms with Crippen LogP contribution in [0.15, 0.2) is 47.4 Å². The molecule has 2 aromatic carbocycles. The van der Waals surface area contributed by atoms with E-state index in [9.17, 15) is 26.0 Å². The Hall–Kier alpha value is -2.70. The van der Waals surface area contributed by atoms with E-state index >= 15 is 0 Å². The molecule has 0 bridgehead atoms. The van der Waals surface area contributed by atoms with E-state index < -0.39 is 48.6 Å². The highest BCUT2D eigenvalue weighted by Crippen LogP contribution is 2.29. The van der Waals surface area contributed by atoms with Crippen molar-refractivity contribution < 1.29 is 30.8 Å². The smallest absolute Gasteiger partial charge is 0.244 e. The second-order valence-electron chi connectivity index (χ2n) is 7.05. The molecule has 2 rings (SSSR count). The highest BCUT2D eigenvalue weighted by Gasteiger charge is 2.30. The first kappa shape index (κ1) is 24.6. The molecule has 9 nitrogen and oxygen atoms in total. The lowest BCUT2D eigenvalue weighted by molar-refractivity contribution is -0.118. The molecule has 1 amide bonds. The van der Waals surface area contributed by atoms with Crippen LogP contribution < -0.4 is 19.5 Å². The predicted octanol–water partition coefficient (Wildman–Crippen LogP) is 2.15. The van der Waals surface area contributed by atoms with E-state index in [0.29, 0.717) is 0 Å². The maximum atomic E-state index is 13.9. The SMILES string of the molecule is COc1ccc(NC(=O)[C@@H](NS(=O)(=O)c2ccccc2F)C(C)C)cc1NS(C)(=O)=O. The number of amides is 1. The fraction of sp³-hybridized carbons (Fsp3) is 0.316. The van der Waals surface area contributed by atoms with Crippen LogP contribution in [0.4, 0.5) is 15.8 Å². The number of anilines is 2. The number of hydrogen-bond donors (Lipinski definition) is 3. The largest absolute Gasteiger partial charge is 0.495 e. The van der Waals surface area contributed by atoms with Crippen LogP contribution in [0.1, 0.15) is 13.8 Å². The van der Waals surface area contributed by atoms with Crippen LogP contribution >= 0.6 is 0 Å². The number of carbonyl (C=O) groups is 1. The van der Waals surface area contributed by atoms with Gasteiger partial charge in [-0.25, -0.2) is 21.2 Å². The average Bonchev–Trinajstić information content (AvgIpc) is 2.65. The van der Waals surface area contributed by atoms with E-state index in [2.05, 4.69) is 14.8 Å². The first-order chi connectivity index (χ1) is 14.3. The van der Waals surface area contributed by atoms with Gasteiger partial charge < -0.3 is 10.1 Å². The van der Waals surface area contributed by atoms with Crippen LogP contribution in [0.2, 0.25) is 0 Å². The zero-order valence-corrected chi connectivity index (χ0v) is 19.0. The summed E-state index contributed by atoms with van der Waals surface area (Å²) in [5.74, 6) is -1.90. The fourth-order valence-corrected chi connectivity index (χ4v) is 4.65. The van der Waals surface area contributed by atoms with Crippen LogP contribution in [0.25, 0.3) is 0 Å². The van der Waals surface area contributed by atoms with E-state index in [1.165, 1.54) is 37.4 Å². The molecule has 3 N–H and O–H groups in total. The Balaban J connectivity index is 2.29. The third-order valence-corrected chi connectivity index (χ3v) is 6.18.